The molecule has 0 radical (unpaired) electrons. The minimum atomic E-state index is 0.680. The van der Waals surface area contributed by atoms with Gasteiger partial charge in [0.15, 0.2) is 0 Å². The quantitative estimate of drug-likeness (QED) is 0.0370. The summed E-state index contributed by atoms with van der Waals surface area (Å²) in [6, 6.07) is 36.1. The Morgan fingerprint density at radius 3 is 1.24 bits per heavy atom. The van der Waals surface area contributed by atoms with Crippen LogP contribution in [-0.2, 0) is 6.42 Å². The molecule has 4 nitrogen and oxygen atoms in total. The van der Waals surface area contributed by atoms with Gasteiger partial charge in [0.2, 0.25) is 0 Å². The second-order valence-electron chi connectivity index (χ2n) is 17.2. The van der Waals surface area contributed by atoms with Gasteiger partial charge in [-0.3, -0.25) is 0 Å². The second-order valence-corrected chi connectivity index (χ2v) is 17.2. The standard InChI is InChI=1S/C34H50O2.C28H30O2/c1-5-8-10-12-14-16-25-35-33-28-32(24-23-31-21-19-30(18-7-3)20-22-31)34(27-29(33)4)36-26-17-15-13-11-9-6-2;1-4-9-23-13-15-25(16-14-23)17-18-26-21-27(29-3)22(2)20-28(26)30-19-8-12-24-10-6-5-7-11-24/h7,18-24,27-28H,5-6,8-17,25-26H2,1-4H3;4-7,9-11,13-18,20-21H,8,12,19H2,1-3H3. The molecule has 0 unspecified atom stereocenters. The van der Waals surface area contributed by atoms with Crippen molar-refractivity contribution >= 4 is 36.5 Å². The van der Waals surface area contributed by atoms with Crippen molar-refractivity contribution in [3.8, 4) is 23.0 Å². The van der Waals surface area contributed by atoms with Crippen LogP contribution in [0.15, 0.2) is 115 Å². The van der Waals surface area contributed by atoms with Crippen molar-refractivity contribution in [1.82, 2.24) is 0 Å². The van der Waals surface area contributed by atoms with Gasteiger partial charge >= 0.3 is 0 Å². The SMILES string of the molecule is CC=Cc1ccc(C=Cc2cc(OC)c(C)cc2OCCCc2ccccc2)cc1.CC=Cc1ccc(C=Cc2cc(OCCCCCCCC)c(C)cc2OCCCCCCCC)cc1. The molecule has 0 saturated heterocycles. The second kappa shape index (κ2) is 32.0. The summed E-state index contributed by atoms with van der Waals surface area (Å²) in [6.45, 7) is 15.0. The van der Waals surface area contributed by atoms with Gasteiger partial charge in [0, 0.05) is 11.1 Å². The summed E-state index contributed by atoms with van der Waals surface area (Å²) < 4.78 is 24.2. The minimum absolute atomic E-state index is 0.680. The monoisotopic (exact) mass is 889 g/mol. The van der Waals surface area contributed by atoms with Crippen molar-refractivity contribution < 1.29 is 18.9 Å². The van der Waals surface area contributed by atoms with E-state index in [0.717, 1.165) is 89.7 Å². The molecule has 0 amide bonds. The summed E-state index contributed by atoms with van der Waals surface area (Å²) >= 11 is 0. The summed E-state index contributed by atoms with van der Waals surface area (Å²) in [5.41, 5.74) is 10.4. The van der Waals surface area contributed by atoms with Crippen LogP contribution in [-0.4, -0.2) is 26.9 Å². The van der Waals surface area contributed by atoms with Crippen molar-refractivity contribution in [3.05, 3.63) is 165 Å². The van der Waals surface area contributed by atoms with Gasteiger partial charge in [-0.05, 0) is 117 Å². The van der Waals surface area contributed by atoms with Crippen molar-refractivity contribution in [2.75, 3.05) is 26.9 Å². The molecule has 0 spiro atoms. The first-order chi connectivity index (χ1) is 32.4. The summed E-state index contributed by atoms with van der Waals surface area (Å²) in [4.78, 5) is 0. The van der Waals surface area contributed by atoms with Gasteiger partial charge < -0.3 is 18.9 Å². The minimum Gasteiger partial charge on any atom is -0.496 e. The van der Waals surface area contributed by atoms with E-state index >= 15 is 0 Å². The number of hydrogen-bond donors (Lipinski definition) is 0. The third-order valence-electron chi connectivity index (χ3n) is 11.6. The van der Waals surface area contributed by atoms with Gasteiger partial charge in [0.1, 0.15) is 23.0 Å². The summed E-state index contributed by atoms with van der Waals surface area (Å²) in [5, 5.41) is 0. The van der Waals surface area contributed by atoms with E-state index in [-0.39, 0.29) is 0 Å². The molecular formula is C62H80O4. The largest absolute Gasteiger partial charge is 0.496 e. The molecule has 5 aromatic rings. The number of aryl methyl sites for hydroxylation is 3. The van der Waals surface area contributed by atoms with Crippen LogP contribution in [0.1, 0.15) is 161 Å². The highest BCUT2D eigenvalue weighted by molar-refractivity contribution is 5.75. The molecule has 0 aliphatic heterocycles. The Balaban J connectivity index is 0.000000293. The van der Waals surface area contributed by atoms with E-state index in [9.17, 15) is 0 Å². The lowest BCUT2D eigenvalue weighted by Gasteiger charge is -2.15. The fraction of sp³-hybridized carbons (Fsp3) is 0.387. The van der Waals surface area contributed by atoms with E-state index in [1.54, 1.807) is 7.11 Å². The summed E-state index contributed by atoms with van der Waals surface area (Å²) in [7, 11) is 1.70. The molecule has 0 heterocycles. The van der Waals surface area contributed by atoms with Gasteiger partial charge in [0.25, 0.3) is 0 Å². The number of rotatable bonds is 28. The Kier molecular flexibility index (Phi) is 25.7. The molecule has 0 fully saturated rings. The first kappa shape index (κ1) is 52.9. The molecule has 0 aliphatic carbocycles. The first-order valence-corrected chi connectivity index (χ1v) is 24.9. The van der Waals surface area contributed by atoms with E-state index < -0.39 is 0 Å². The Hall–Kier alpha value is -5.74. The van der Waals surface area contributed by atoms with Crippen LogP contribution < -0.4 is 18.9 Å². The van der Waals surface area contributed by atoms with Gasteiger partial charge in [-0.25, -0.2) is 0 Å². The van der Waals surface area contributed by atoms with Crippen molar-refractivity contribution in [2.45, 2.75) is 131 Å². The predicted octanol–water partition coefficient (Wildman–Crippen LogP) is 17.9. The maximum absolute atomic E-state index is 6.28. The van der Waals surface area contributed by atoms with Crippen molar-refractivity contribution in [1.29, 1.82) is 0 Å². The number of ether oxygens (including phenoxy) is 4. The molecule has 4 heteroatoms. The summed E-state index contributed by atoms with van der Waals surface area (Å²) in [6.07, 6.45) is 34.1. The first-order valence-electron chi connectivity index (χ1n) is 24.9. The number of unbranched alkanes of at least 4 members (excludes halogenated alkanes) is 10. The lowest BCUT2D eigenvalue weighted by atomic mass is 10.1. The number of benzene rings is 5. The normalized spacial score (nSPS) is 11.4. The highest BCUT2D eigenvalue weighted by atomic mass is 16.5. The van der Waals surface area contributed by atoms with Crippen LogP contribution in [0.4, 0.5) is 0 Å². The van der Waals surface area contributed by atoms with Crippen LogP contribution in [0, 0.1) is 13.8 Å². The third kappa shape index (κ3) is 20.2. The van der Waals surface area contributed by atoms with E-state index in [4.69, 9.17) is 18.9 Å². The van der Waals surface area contributed by atoms with Crippen LogP contribution in [0.5, 0.6) is 23.0 Å². The van der Waals surface area contributed by atoms with Gasteiger partial charge in [-0.15, -0.1) is 0 Å². The Labute approximate surface area is 400 Å². The van der Waals surface area contributed by atoms with E-state index in [1.807, 2.05) is 39.0 Å². The average Bonchev–Trinajstić information content (AvgIpc) is 3.33. The lowest BCUT2D eigenvalue weighted by molar-refractivity contribution is 0.294. The molecule has 0 aromatic heterocycles. The van der Waals surface area contributed by atoms with Crippen molar-refractivity contribution in [3.63, 3.8) is 0 Å². The van der Waals surface area contributed by atoms with E-state index in [0.29, 0.717) is 6.61 Å². The molecule has 0 aliphatic rings. The van der Waals surface area contributed by atoms with Crippen LogP contribution in [0.25, 0.3) is 36.5 Å². The lowest BCUT2D eigenvalue weighted by Crippen LogP contribution is -2.02. The molecule has 5 aromatic carbocycles. The average molecular weight is 889 g/mol. The molecule has 0 atom stereocenters. The molecular weight excluding hydrogens is 809 g/mol. The zero-order valence-electron chi connectivity index (χ0n) is 41.6. The Morgan fingerprint density at radius 2 is 0.788 bits per heavy atom. The van der Waals surface area contributed by atoms with Crippen LogP contribution >= 0.6 is 0 Å². The predicted molar refractivity (Wildman–Crippen MR) is 287 cm³/mol. The van der Waals surface area contributed by atoms with Gasteiger partial charge in [-0.2, -0.15) is 0 Å². The third-order valence-corrected chi connectivity index (χ3v) is 11.6. The fourth-order valence-electron chi connectivity index (χ4n) is 7.67. The molecule has 0 N–H and O–H groups in total. The smallest absolute Gasteiger partial charge is 0.127 e. The Morgan fingerprint density at radius 1 is 0.394 bits per heavy atom. The molecule has 0 saturated carbocycles. The molecule has 5 rings (SSSR count). The fourth-order valence-corrected chi connectivity index (χ4v) is 7.67. The van der Waals surface area contributed by atoms with Gasteiger partial charge in [-0.1, -0.05) is 206 Å². The zero-order chi connectivity index (χ0) is 47.0. The number of methoxy groups -OCH3 is 1. The van der Waals surface area contributed by atoms with Crippen molar-refractivity contribution in [2.24, 2.45) is 0 Å². The van der Waals surface area contributed by atoms with Crippen LogP contribution in [0.2, 0.25) is 0 Å². The molecule has 66 heavy (non-hydrogen) atoms. The number of hydrogen-bond acceptors (Lipinski definition) is 4. The maximum atomic E-state index is 6.28. The molecule has 0 bridgehead atoms. The zero-order valence-corrected chi connectivity index (χ0v) is 41.6. The topological polar surface area (TPSA) is 36.9 Å². The molecule has 352 valence electrons. The summed E-state index contributed by atoms with van der Waals surface area (Å²) in [5.74, 6) is 3.69. The van der Waals surface area contributed by atoms with Gasteiger partial charge in [0.05, 0.1) is 26.9 Å². The maximum Gasteiger partial charge on any atom is 0.127 e. The van der Waals surface area contributed by atoms with E-state index in [1.165, 1.54) is 86.5 Å². The van der Waals surface area contributed by atoms with E-state index in [2.05, 4.69) is 154 Å². The number of allylic oxidation sites excluding steroid dienone is 2. The Bertz CT molecular complexity index is 2190. The highest BCUT2D eigenvalue weighted by Gasteiger charge is 2.10. The highest BCUT2D eigenvalue weighted by Crippen LogP contribution is 2.32. The van der Waals surface area contributed by atoms with Crippen LogP contribution in [0.3, 0.4) is 0 Å².